The molecule has 0 atom stereocenters. The number of hydrogen-bond donors (Lipinski definition) is 0. The molecule has 0 aromatic heterocycles. The zero-order valence-corrected chi connectivity index (χ0v) is 31.7. The molecule has 6 aromatic rings. The summed E-state index contributed by atoms with van der Waals surface area (Å²) in [5.74, 6) is 9.50. The van der Waals surface area contributed by atoms with Crippen LogP contribution in [0.5, 0.6) is 0 Å². The van der Waals surface area contributed by atoms with Gasteiger partial charge in [0.15, 0.2) is 22.0 Å². The molecule has 6 aromatic carbocycles. The summed E-state index contributed by atoms with van der Waals surface area (Å²) >= 11 is 0. The van der Waals surface area contributed by atoms with Gasteiger partial charge < -0.3 is 9.47 Å². The average molecular weight is 767 g/mol. The molecule has 0 amide bonds. The van der Waals surface area contributed by atoms with Crippen molar-refractivity contribution in [3.05, 3.63) is 227 Å². The van der Waals surface area contributed by atoms with E-state index in [1.54, 1.807) is 60.7 Å². The number of benzene rings is 6. The van der Waals surface area contributed by atoms with E-state index in [-0.39, 0.29) is 0 Å². The number of carbonyl (C=O) groups excluding carboxylic acids is 2. The standard InChI is InChI=1S/C50H38O6S/c51-47(55-49(43-23-5-1-6-24-43)44-25-7-2-8-26-44)35-33-41-21-15-13-19-39(41)31-17-37-57(53,54)38-18-32-40-20-14-16-22-42(40)34-36-48(52)56-50(45-27-9-3-10-28-45)46-29-11-4-12-30-46/h1-16,19-30,33-36,49-50H,37-38H2/b35-33+,36-34+. The Morgan fingerprint density at radius 3 is 1.09 bits per heavy atom. The summed E-state index contributed by atoms with van der Waals surface area (Å²) in [6, 6.07) is 52.3. The number of hydrogen-bond acceptors (Lipinski definition) is 6. The van der Waals surface area contributed by atoms with Crippen molar-refractivity contribution in [2.75, 3.05) is 11.5 Å². The number of carbonyl (C=O) groups is 2. The molecule has 0 aliphatic rings. The molecule has 0 bridgehead atoms. The van der Waals surface area contributed by atoms with Gasteiger partial charge in [-0.1, -0.05) is 181 Å². The van der Waals surface area contributed by atoms with E-state index in [9.17, 15) is 18.0 Å². The highest BCUT2D eigenvalue weighted by Crippen LogP contribution is 2.27. The van der Waals surface area contributed by atoms with Crippen molar-refractivity contribution in [2.45, 2.75) is 12.2 Å². The normalized spacial score (nSPS) is 11.1. The van der Waals surface area contributed by atoms with Crippen LogP contribution in [0.15, 0.2) is 182 Å². The van der Waals surface area contributed by atoms with E-state index in [1.807, 2.05) is 121 Å². The van der Waals surface area contributed by atoms with Gasteiger partial charge in [-0.25, -0.2) is 18.0 Å². The van der Waals surface area contributed by atoms with Gasteiger partial charge in [0.25, 0.3) is 0 Å². The van der Waals surface area contributed by atoms with Gasteiger partial charge in [0.1, 0.15) is 11.5 Å². The Morgan fingerprint density at radius 2 is 0.754 bits per heavy atom. The molecule has 0 unspecified atom stereocenters. The van der Waals surface area contributed by atoms with E-state index >= 15 is 0 Å². The van der Waals surface area contributed by atoms with E-state index in [1.165, 1.54) is 12.2 Å². The molecular formula is C50H38O6S. The van der Waals surface area contributed by atoms with Crippen LogP contribution in [0.2, 0.25) is 0 Å². The number of rotatable bonds is 12. The molecule has 0 aliphatic heterocycles. The van der Waals surface area contributed by atoms with Crippen molar-refractivity contribution in [3.63, 3.8) is 0 Å². The molecule has 0 N–H and O–H groups in total. The largest absolute Gasteiger partial charge is 0.449 e. The zero-order valence-electron chi connectivity index (χ0n) is 30.9. The minimum atomic E-state index is -3.66. The third-order valence-corrected chi connectivity index (χ3v) is 9.80. The summed E-state index contributed by atoms with van der Waals surface area (Å²) in [5.41, 5.74) is 5.78. The van der Waals surface area contributed by atoms with Crippen LogP contribution in [0.4, 0.5) is 0 Å². The fourth-order valence-corrected chi connectivity index (χ4v) is 6.53. The Balaban J connectivity index is 1.07. The first-order chi connectivity index (χ1) is 27.8. The summed E-state index contributed by atoms with van der Waals surface area (Å²) in [7, 11) is -3.66. The molecule has 7 heteroatoms. The van der Waals surface area contributed by atoms with Gasteiger partial charge in [0.05, 0.1) is 0 Å². The molecule has 0 saturated heterocycles. The summed E-state index contributed by atoms with van der Waals surface area (Å²) in [6.45, 7) is 0. The van der Waals surface area contributed by atoms with E-state index in [0.29, 0.717) is 22.3 Å². The predicted octanol–water partition coefficient (Wildman–Crippen LogP) is 9.20. The van der Waals surface area contributed by atoms with Gasteiger partial charge in [0, 0.05) is 23.3 Å². The summed E-state index contributed by atoms with van der Waals surface area (Å²) in [4.78, 5) is 26.0. The number of esters is 2. The number of sulfone groups is 1. The van der Waals surface area contributed by atoms with E-state index in [2.05, 4.69) is 23.7 Å². The second-order valence-electron chi connectivity index (χ2n) is 12.8. The molecule has 0 fully saturated rings. The topological polar surface area (TPSA) is 86.7 Å². The third kappa shape index (κ3) is 11.9. The fourth-order valence-electron chi connectivity index (χ4n) is 5.84. The van der Waals surface area contributed by atoms with Gasteiger partial charge in [0.2, 0.25) is 0 Å². The Hall–Kier alpha value is -7.19. The minimum Gasteiger partial charge on any atom is -0.449 e. The van der Waals surface area contributed by atoms with Crippen LogP contribution in [-0.4, -0.2) is 31.9 Å². The lowest BCUT2D eigenvalue weighted by Crippen LogP contribution is -2.10. The van der Waals surface area contributed by atoms with Crippen molar-refractivity contribution in [3.8, 4) is 23.7 Å². The Kier molecular flexibility index (Phi) is 13.8. The van der Waals surface area contributed by atoms with E-state index in [0.717, 1.165) is 22.3 Å². The summed E-state index contributed by atoms with van der Waals surface area (Å²) < 4.78 is 37.6. The van der Waals surface area contributed by atoms with Crippen LogP contribution in [-0.2, 0) is 28.9 Å². The molecule has 280 valence electrons. The van der Waals surface area contributed by atoms with Crippen molar-refractivity contribution in [1.29, 1.82) is 0 Å². The molecule has 0 heterocycles. The van der Waals surface area contributed by atoms with E-state index in [4.69, 9.17) is 9.47 Å². The maximum absolute atomic E-state index is 13.0. The van der Waals surface area contributed by atoms with Crippen molar-refractivity contribution in [2.24, 2.45) is 0 Å². The molecule has 0 aliphatic carbocycles. The van der Waals surface area contributed by atoms with Crippen LogP contribution in [0.3, 0.4) is 0 Å². The number of ether oxygens (including phenoxy) is 2. The SMILES string of the molecule is O=C(/C=C/c1ccccc1C#CCS(=O)(=O)CC#Cc1ccccc1/C=C/C(=O)OC(c1ccccc1)c1ccccc1)OC(c1ccccc1)c1ccccc1. The average Bonchev–Trinajstić information content (AvgIpc) is 3.25. The molecule has 0 saturated carbocycles. The summed E-state index contributed by atoms with van der Waals surface area (Å²) in [5, 5.41) is 0. The molecular weight excluding hydrogens is 729 g/mol. The van der Waals surface area contributed by atoms with Gasteiger partial charge in [-0.15, -0.1) is 0 Å². The quantitative estimate of drug-likeness (QED) is 0.0702. The molecule has 57 heavy (non-hydrogen) atoms. The third-order valence-electron chi connectivity index (χ3n) is 8.63. The summed E-state index contributed by atoms with van der Waals surface area (Å²) in [6.07, 6.45) is 4.73. The maximum atomic E-state index is 13.0. The minimum absolute atomic E-state index is 0.408. The van der Waals surface area contributed by atoms with Crippen molar-refractivity contribution < 1.29 is 27.5 Å². The van der Waals surface area contributed by atoms with Crippen LogP contribution in [0.1, 0.15) is 56.7 Å². The second kappa shape index (κ2) is 19.9. The van der Waals surface area contributed by atoms with Crippen LogP contribution in [0, 0.1) is 23.7 Å². The Bertz CT molecular complexity index is 2320. The first-order valence-corrected chi connectivity index (χ1v) is 20.0. The van der Waals surface area contributed by atoms with Crippen molar-refractivity contribution in [1.82, 2.24) is 0 Å². The second-order valence-corrected chi connectivity index (χ2v) is 14.8. The van der Waals surface area contributed by atoms with Gasteiger partial charge in [-0.2, -0.15) is 0 Å². The van der Waals surface area contributed by atoms with Crippen LogP contribution < -0.4 is 0 Å². The van der Waals surface area contributed by atoms with Crippen LogP contribution >= 0.6 is 0 Å². The highest BCUT2D eigenvalue weighted by molar-refractivity contribution is 7.91. The monoisotopic (exact) mass is 766 g/mol. The van der Waals surface area contributed by atoms with Gasteiger partial charge in [-0.3, -0.25) is 0 Å². The van der Waals surface area contributed by atoms with Gasteiger partial charge in [-0.05, 0) is 57.7 Å². The molecule has 6 rings (SSSR count). The first-order valence-electron chi connectivity index (χ1n) is 18.2. The van der Waals surface area contributed by atoms with E-state index < -0.39 is 45.5 Å². The molecule has 6 nitrogen and oxygen atoms in total. The zero-order chi connectivity index (χ0) is 39.7. The Morgan fingerprint density at radius 1 is 0.456 bits per heavy atom. The fraction of sp³-hybridized carbons (Fsp3) is 0.0800. The lowest BCUT2D eigenvalue weighted by Gasteiger charge is -2.18. The van der Waals surface area contributed by atoms with Gasteiger partial charge >= 0.3 is 11.9 Å². The molecule has 0 radical (unpaired) electrons. The molecule has 0 spiro atoms. The first kappa shape index (κ1) is 39.5. The predicted molar refractivity (Wildman–Crippen MR) is 225 cm³/mol. The smallest absolute Gasteiger partial charge is 0.331 e. The van der Waals surface area contributed by atoms with Crippen LogP contribution in [0.25, 0.3) is 12.2 Å². The lowest BCUT2D eigenvalue weighted by molar-refractivity contribution is -0.142. The maximum Gasteiger partial charge on any atom is 0.331 e. The Labute approximate surface area is 334 Å². The lowest BCUT2D eigenvalue weighted by atomic mass is 10.0. The highest BCUT2D eigenvalue weighted by Gasteiger charge is 2.19. The van der Waals surface area contributed by atoms with Crippen molar-refractivity contribution >= 4 is 33.9 Å². The highest BCUT2D eigenvalue weighted by atomic mass is 32.2.